The zero-order chi connectivity index (χ0) is 17.1. The third-order valence-corrected chi connectivity index (χ3v) is 4.75. The number of nitrogens with zero attached hydrogens (tertiary/aromatic N) is 1. The first-order chi connectivity index (χ1) is 11.5. The van der Waals surface area contributed by atoms with Crippen LogP contribution in [0.5, 0.6) is 0 Å². The first-order valence-electron chi connectivity index (χ1n) is 7.71. The normalized spacial score (nSPS) is 14.9. The average molecular weight is 348 g/mol. The van der Waals surface area contributed by atoms with Crippen molar-refractivity contribution in [2.45, 2.75) is 25.8 Å². The Labute approximate surface area is 142 Å². The third kappa shape index (κ3) is 4.17. The first-order valence-corrected chi connectivity index (χ1v) is 8.59. The van der Waals surface area contributed by atoms with Crippen molar-refractivity contribution in [3.05, 3.63) is 41.2 Å². The number of thiazole rings is 1. The molecular formula is C17H17FN2O3S. The Bertz CT molecular complexity index is 741. The lowest BCUT2D eigenvalue weighted by molar-refractivity contribution is -0.125. The molecule has 0 spiro atoms. The van der Waals surface area contributed by atoms with E-state index >= 15 is 0 Å². The number of nitrogens with one attached hydrogen (secondary N) is 1. The smallest absolute Gasteiger partial charge is 0.358 e. The van der Waals surface area contributed by atoms with E-state index in [0.717, 1.165) is 18.4 Å². The Morgan fingerprint density at radius 3 is 2.75 bits per heavy atom. The van der Waals surface area contributed by atoms with Crippen LogP contribution in [0.1, 0.15) is 30.3 Å². The van der Waals surface area contributed by atoms with Crippen molar-refractivity contribution in [3.8, 4) is 10.6 Å². The molecule has 0 radical (unpaired) electrons. The third-order valence-electron chi connectivity index (χ3n) is 3.86. The molecule has 1 amide bonds. The van der Waals surface area contributed by atoms with E-state index in [1.165, 1.54) is 23.5 Å². The van der Waals surface area contributed by atoms with Crippen LogP contribution in [0.15, 0.2) is 29.6 Å². The average Bonchev–Trinajstić information content (AvgIpc) is 3.31. The van der Waals surface area contributed by atoms with E-state index in [0.29, 0.717) is 10.9 Å². The number of amides is 1. The standard InChI is InChI=1S/C17H17FN2O3S/c1-10(11-2-3-11)19-15(21)8-23-17(22)14-9-24-16(20-14)12-4-6-13(18)7-5-12/h4-7,9-11H,2-3,8H2,1H3,(H,19,21)/t10-/m1/s1. The molecule has 0 aliphatic heterocycles. The fourth-order valence-electron chi connectivity index (χ4n) is 2.31. The number of halogens is 1. The number of esters is 1. The minimum atomic E-state index is -0.645. The molecule has 0 bridgehead atoms. The molecule has 126 valence electrons. The molecule has 24 heavy (non-hydrogen) atoms. The maximum atomic E-state index is 12.9. The molecule has 1 aromatic heterocycles. The molecule has 1 aromatic carbocycles. The van der Waals surface area contributed by atoms with Crippen LogP contribution < -0.4 is 5.32 Å². The number of hydrogen-bond donors (Lipinski definition) is 1. The van der Waals surface area contributed by atoms with E-state index in [-0.39, 0.29) is 30.1 Å². The lowest BCUT2D eigenvalue weighted by Crippen LogP contribution is -2.37. The fourth-order valence-corrected chi connectivity index (χ4v) is 3.10. The monoisotopic (exact) mass is 348 g/mol. The Kier molecular flexibility index (Phi) is 4.89. The summed E-state index contributed by atoms with van der Waals surface area (Å²) in [4.78, 5) is 27.9. The van der Waals surface area contributed by atoms with Gasteiger partial charge in [-0.3, -0.25) is 4.79 Å². The second-order valence-corrected chi connectivity index (χ2v) is 6.67. The van der Waals surface area contributed by atoms with Gasteiger partial charge in [-0.05, 0) is 49.9 Å². The van der Waals surface area contributed by atoms with Crippen LogP contribution >= 0.6 is 11.3 Å². The maximum Gasteiger partial charge on any atom is 0.358 e. The summed E-state index contributed by atoms with van der Waals surface area (Å²) in [5.41, 5.74) is 0.860. The molecule has 0 unspecified atom stereocenters. The Morgan fingerprint density at radius 2 is 2.08 bits per heavy atom. The van der Waals surface area contributed by atoms with Crippen LogP contribution in [0.2, 0.25) is 0 Å². The summed E-state index contributed by atoms with van der Waals surface area (Å²) in [6.45, 7) is 1.63. The van der Waals surface area contributed by atoms with Crippen LogP contribution in [-0.4, -0.2) is 29.5 Å². The number of ether oxygens (including phenoxy) is 1. The van der Waals surface area contributed by atoms with Crippen molar-refractivity contribution >= 4 is 23.2 Å². The van der Waals surface area contributed by atoms with Crippen LogP contribution in [0.4, 0.5) is 4.39 Å². The summed E-state index contributed by atoms with van der Waals surface area (Å²) in [5, 5.41) is 4.97. The molecular weight excluding hydrogens is 331 g/mol. The van der Waals surface area contributed by atoms with E-state index in [1.807, 2.05) is 6.92 Å². The van der Waals surface area contributed by atoms with Crippen molar-refractivity contribution in [3.63, 3.8) is 0 Å². The zero-order valence-electron chi connectivity index (χ0n) is 13.1. The maximum absolute atomic E-state index is 12.9. The van der Waals surface area contributed by atoms with Crippen molar-refractivity contribution in [2.75, 3.05) is 6.61 Å². The van der Waals surface area contributed by atoms with Crippen molar-refractivity contribution < 1.29 is 18.7 Å². The fraction of sp³-hybridized carbons (Fsp3) is 0.353. The largest absolute Gasteiger partial charge is 0.451 e. The number of rotatable bonds is 6. The van der Waals surface area contributed by atoms with E-state index in [4.69, 9.17) is 4.74 Å². The number of benzene rings is 1. The Balaban J connectivity index is 1.53. The minimum absolute atomic E-state index is 0.112. The molecule has 1 fully saturated rings. The number of aromatic nitrogens is 1. The molecule has 3 rings (SSSR count). The van der Waals surface area contributed by atoms with Crippen LogP contribution in [0.25, 0.3) is 10.6 Å². The van der Waals surface area contributed by atoms with Gasteiger partial charge in [0.25, 0.3) is 5.91 Å². The van der Waals surface area contributed by atoms with Gasteiger partial charge in [-0.1, -0.05) is 0 Å². The number of carbonyl (C=O) groups is 2. The summed E-state index contributed by atoms with van der Waals surface area (Å²) < 4.78 is 17.9. The number of hydrogen-bond acceptors (Lipinski definition) is 5. The van der Waals surface area contributed by atoms with Gasteiger partial charge in [0.15, 0.2) is 12.3 Å². The van der Waals surface area contributed by atoms with Crippen LogP contribution in [0, 0.1) is 11.7 Å². The lowest BCUT2D eigenvalue weighted by atomic mass is 10.2. The van der Waals surface area contributed by atoms with Crippen LogP contribution in [0.3, 0.4) is 0 Å². The molecule has 2 aromatic rings. The molecule has 1 saturated carbocycles. The van der Waals surface area contributed by atoms with Gasteiger partial charge in [0.05, 0.1) is 0 Å². The quantitative estimate of drug-likeness (QED) is 0.815. The highest BCUT2D eigenvalue weighted by Crippen LogP contribution is 2.32. The summed E-state index contributed by atoms with van der Waals surface area (Å²) in [6, 6.07) is 5.96. The predicted octanol–water partition coefficient (Wildman–Crippen LogP) is 3.02. The van der Waals surface area contributed by atoms with Crippen LogP contribution in [-0.2, 0) is 9.53 Å². The summed E-state index contributed by atoms with van der Waals surface area (Å²) >= 11 is 1.26. The van der Waals surface area contributed by atoms with Crippen molar-refractivity contribution in [1.82, 2.24) is 10.3 Å². The van der Waals surface area contributed by atoms with Gasteiger partial charge < -0.3 is 10.1 Å². The van der Waals surface area contributed by atoms with Crippen molar-refractivity contribution in [2.24, 2.45) is 5.92 Å². The molecule has 1 atom stereocenters. The Hall–Kier alpha value is -2.28. The molecule has 7 heteroatoms. The van der Waals surface area contributed by atoms with E-state index < -0.39 is 5.97 Å². The molecule has 1 heterocycles. The van der Waals surface area contributed by atoms with Gasteiger partial charge in [-0.25, -0.2) is 14.2 Å². The van der Waals surface area contributed by atoms with Gasteiger partial charge in [0, 0.05) is 17.0 Å². The lowest BCUT2D eigenvalue weighted by Gasteiger charge is -2.12. The van der Waals surface area contributed by atoms with Gasteiger partial charge in [0.1, 0.15) is 10.8 Å². The van der Waals surface area contributed by atoms with Gasteiger partial charge in [-0.15, -0.1) is 11.3 Å². The van der Waals surface area contributed by atoms with E-state index in [9.17, 15) is 14.0 Å². The highest BCUT2D eigenvalue weighted by Gasteiger charge is 2.29. The first kappa shape index (κ1) is 16.6. The zero-order valence-corrected chi connectivity index (χ0v) is 13.9. The van der Waals surface area contributed by atoms with Gasteiger partial charge in [0.2, 0.25) is 0 Å². The molecule has 1 aliphatic carbocycles. The van der Waals surface area contributed by atoms with Crippen molar-refractivity contribution in [1.29, 1.82) is 0 Å². The number of carbonyl (C=O) groups excluding carboxylic acids is 2. The molecule has 1 aliphatic rings. The Morgan fingerprint density at radius 1 is 1.38 bits per heavy atom. The topological polar surface area (TPSA) is 68.3 Å². The minimum Gasteiger partial charge on any atom is -0.451 e. The molecule has 0 saturated heterocycles. The van der Waals surface area contributed by atoms with Gasteiger partial charge in [-0.2, -0.15) is 0 Å². The summed E-state index contributed by atoms with van der Waals surface area (Å²) in [6.07, 6.45) is 2.26. The molecule has 1 N–H and O–H groups in total. The van der Waals surface area contributed by atoms with E-state index in [1.54, 1.807) is 17.5 Å². The van der Waals surface area contributed by atoms with E-state index in [2.05, 4.69) is 10.3 Å². The summed E-state index contributed by atoms with van der Waals surface area (Å²) in [7, 11) is 0. The van der Waals surface area contributed by atoms with Gasteiger partial charge >= 0.3 is 5.97 Å². The second kappa shape index (κ2) is 7.09. The predicted molar refractivity (Wildman–Crippen MR) is 88.1 cm³/mol. The summed E-state index contributed by atoms with van der Waals surface area (Å²) in [5.74, 6) is -0.742. The second-order valence-electron chi connectivity index (χ2n) is 5.81. The SMILES string of the molecule is C[C@@H](NC(=O)COC(=O)c1csc(-c2ccc(F)cc2)n1)C1CC1. The highest BCUT2D eigenvalue weighted by molar-refractivity contribution is 7.13. The molecule has 5 nitrogen and oxygen atoms in total. The highest BCUT2D eigenvalue weighted by atomic mass is 32.1.